The number of rotatable bonds is 12. The van der Waals surface area contributed by atoms with Crippen molar-refractivity contribution in [3.05, 3.63) is 71.3 Å². The van der Waals surface area contributed by atoms with Crippen molar-refractivity contribution in [2.75, 3.05) is 6.61 Å². The molecule has 0 spiro atoms. The van der Waals surface area contributed by atoms with Crippen LogP contribution in [0.5, 0.6) is 0 Å². The van der Waals surface area contributed by atoms with Crippen LogP contribution >= 0.6 is 0 Å². The van der Waals surface area contributed by atoms with E-state index in [2.05, 4.69) is 27.7 Å². The van der Waals surface area contributed by atoms with Crippen LogP contribution in [-0.2, 0) is 15.9 Å². The number of carbonyl (C=O) groups is 1. The van der Waals surface area contributed by atoms with Crippen LogP contribution in [0.2, 0.25) is 0 Å². The van der Waals surface area contributed by atoms with Gasteiger partial charge in [0.05, 0.1) is 12.2 Å². The van der Waals surface area contributed by atoms with Crippen molar-refractivity contribution < 1.29 is 14.3 Å². The Bertz CT molecular complexity index is 709. The summed E-state index contributed by atoms with van der Waals surface area (Å²) in [6.07, 6.45) is 4.39. The van der Waals surface area contributed by atoms with Gasteiger partial charge in [-0.1, -0.05) is 125 Å². The summed E-state index contributed by atoms with van der Waals surface area (Å²) >= 11 is 0. The first kappa shape index (κ1) is 35.0. The zero-order valence-corrected chi connectivity index (χ0v) is 24.4. The molecule has 0 heterocycles. The highest BCUT2D eigenvalue weighted by Crippen LogP contribution is 2.20. The van der Waals surface area contributed by atoms with Gasteiger partial charge in [0.25, 0.3) is 0 Å². The van der Waals surface area contributed by atoms with E-state index in [9.17, 15) is 4.79 Å². The standard InChI is InChI=1S/C26H36O3.3C2H6/c1-5-10-20(3)17-18-28-25(19-22-11-8-7-9-12-22)29-26(27)24-15-13-23(14-16-24)21(4)6-2;3*1-2/h7-9,11-16,20-21,25H,5-6,10,17-19H2,1-4H3;3*1-2H3. The van der Waals surface area contributed by atoms with Gasteiger partial charge in [-0.25, -0.2) is 4.79 Å². The third kappa shape index (κ3) is 15.5. The van der Waals surface area contributed by atoms with E-state index in [0.29, 0.717) is 30.4 Å². The fraction of sp³-hybridized carbons (Fsp3) is 0.594. The topological polar surface area (TPSA) is 35.5 Å². The Hall–Kier alpha value is -2.13. The largest absolute Gasteiger partial charge is 0.432 e. The first-order valence-electron chi connectivity index (χ1n) is 14.0. The Kier molecular flexibility index (Phi) is 23.6. The van der Waals surface area contributed by atoms with E-state index in [1.807, 2.05) is 96.1 Å². The van der Waals surface area contributed by atoms with Crippen molar-refractivity contribution in [2.24, 2.45) is 5.92 Å². The monoisotopic (exact) mass is 486 g/mol. The van der Waals surface area contributed by atoms with Crippen LogP contribution in [0.25, 0.3) is 0 Å². The number of carbonyl (C=O) groups excluding carboxylic acids is 1. The van der Waals surface area contributed by atoms with Gasteiger partial charge in [0, 0.05) is 6.42 Å². The van der Waals surface area contributed by atoms with Gasteiger partial charge < -0.3 is 9.47 Å². The molecule has 0 bridgehead atoms. The molecule has 3 unspecified atom stereocenters. The summed E-state index contributed by atoms with van der Waals surface area (Å²) in [5.41, 5.74) is 2.91. The van der Waals surface area contributed by atoms with Gasteiger partial charge in [-0.15, -0.1) is 0 Å². The van der Waals surface area contributed by atoms with Crippen LogP contribution in [0.4, 0.5) is 0 Å². The van der Waals surface area contributed by atoms with E-state index in [0.717, 1.165) is 18.4 Å². The summed E-state index contributed by atoms with van der Waals surface area (Å²) in [6, 6.07) is 17.8. The Balaban J connectivity index is 0. The zero-order chi connectivity index (χ0) is 27.1. The maximum Gasteiger partial charge on any atom is 0.340 e. The average Bonchev–Trinajstić information content (AvgIpc) is 2.92. The number of esters is 1. The first-order chi connectivity index (χ1) is 17.0. The second-order valence-electron chi connectivity index (χ2n) is 8.01. The Morgan fingerprint density at radius 1 is 0.800 bits per heavy atom. The van der Waals surface area contributed by atoms with E-state index >= 15 is 0 Å². The van der Waals surface area contributed by atoms with Gasteiger partial charge >= 0.3 is 5.97 Å². The smallest absolute Gasteiger partial charge is 0.340 e. The maximum absolute atomic E-state index is 12.7. The van der Waals surface area contributed by atoms with Gasteiger partial charge in [0.1, 0.15) is 0 Å². The lowest BCUT2D eigenvalue weighted by molar-refractivity contribution is -0.111. The van der Waals surface area contributed by atoms with Crippen LogP contribution in [0.15, 0.2) is 54.6 Å². The Morgan fingerprint density at radius 2 is 1.37 bits per heavy atom. The lowest BCUT2D eigenvalue weighted by atomic mass is 9.98. The molecule has 2 rings (SSSR count). The van der Waals surface area contributed by atoms with Crippen molar-refractivity contribution in [1.29, 1.82) is 0 Å². The van der Waals surface area contributed by atoms with E-state index in [-0.39, 0.29) is 5.97 Å². The molecule has 0 amide bonds. The molecule has 0 aliphatic rings. The maximum atomic E-state index is 12.7. The van der Waals surface area contributed by atoms with Crippen LogP contribution in [0, 0.1) is 5.92 Å². The molecule has 35 heavy (non-hydrogen) atoms. The van der Waals surface area contributed by atoms with E-state index < -0.39 is 6.29 Å². The first-order valence-corrected chi connectivity index (χ1v) is 14.0. The van der Waals surface area contributed by atoms with Crippen LogP contribution < -0.4 is 0 Å². The molecule has 200 valence electrons. The molecule has 3 nitrogen and oxygen atoms in total. The molecule has 0 N–H and O–H groups in total. The van der Waals surface area contributed by atoms with Crippen LogP contribution in [0.3, 0.4) is 0 Å². The predicted molar refractivity (Wildman–Crippen MR) is 153 cm³/mol. The minimum Gasteiger partial charge on any atom is -0.432 e. The van der Waals surface area contributed by atoms with Crippen molar-refractivity contribution in [3.8, 4) is 0 Å². The molecule has 3 heteroatoms. The third-order valence-corrected chi connectivity index (χ3v) is 5.51. The summed E-state index contributed by atoms with van der Waals surface area (Å²) < 4.78 is 11.7. The second kappa shape index (κ2) is 23.6. The van der Waals surface area contributed by atoms with E-state index in [4.69, 9.17) is 9.47 Å². The SMILES string of the molecule is CC.CC.CC.CCCC(C)CCOC(Cc1ccccc1)OC(=O)c1ccc(C(C)CC)cc1. The number of ether oxygens (including phenoxy) is 2. The summed E-state index contributed by atoms with van der Waals surface area (Å²) in [7, 11) is 0. The zero-order valence-electron chi connectivity index (χ0n) is 24.4. The van der Waals surface area contributed by atoms with Gasteiger partial charge in [-0.3, -0.25) is 0 Å². The lowest BCUT2D eigenvalue weighted by Crippen LogP contribution is -2.25. The minimum atomic E-state index is -0.576. The van der Waals surface area contributed by atoms with Gasteiger partial charge in [0.15, 0.2) is 0 Å². The molecule has 3 atom stereocenters. The molecule has 0 fully saturated rings. The fourth-order valence-corrected chi connectivity index (χ4v) is 3.35. The minimum absolute atomic E-state index is 0.330. The van der Waals surface area contributed by atoms with Crippen LogP contribution in [0.1, 0.15) is 122 Å². The number of hydrogen-bond acceptors (Lipinski definition) is 3. The van der Waals surface area contributed by atoms with Crippen molar-refractivity contribution in [3.63, 3.8) is 0 Å². The normalized spacial score (nSPS) is 12.3. The molecular formula is C32H54O3. The third-order valence-electron chi connectivity index (χ3n) is 5.51. The van der Waals surface area contributed by atoms with Gasteiger partial charge in [-0.05, 0) is 47.9 Å². The molecule has 2 aromatic carbocycles. The molecule has 0 saturated carbocycles. The predicted octanol–water partition coefficient (Wildman–Crippen LogP) is 9.85. The molecule has 0 aliphatic carbocycles. The highest BCUT2D eigenvalue weighted by molar-refractivity contribution is 5.89. The van der Waals surface area contributed by atoms with Crippen molar-refractivity contribution >= 4 is 5.97 Å². The molecule has 0 aliphatic heterocycles. The molecule has 0 aromatic heterocycles. The Labute approximate surface area is 217 Å². The molecular weight excluding hydrogens is 432 g/mol. The average molecular weight is 487 g/mol. The summed E-state index contributed by atoms with van der Waals surface area (Å²) in [4.78, 5) is 12.7. The van der Waals surface area contributed by atoms with Crippen molar-refractivity contribution in [1.82, 2.24) is 0 Å². The van der Waals surface area contributed by atoms with Gasteiger partial charge in [0.2, 0.25) is 6.29 Å². The summed E-state index contributed by atoms with van der Waals surface area (Å²) in [6.45, 7) is 21.4. The highest BCUT2D eigenvalue weighted by Gasteiger charge is 2.18. The highest BCUT2D eigenvalue weighted by atomic mass is 16.7. The van der Waals surface area contributed by atoms with E-state index in [1.54, 1.807) is 0 Å². The lowest BCUT2D eigenvalue weighted by Gasteiger charge is -2.20. The number of hydrogen-bond donors (Lipinski definition) is 0. The van der Waals surface area contributed by atoms with Crippen LogP contribution in [-0.4, -0.2) is 18.9 Å². The summed E-state index contributed by atoms with van der Waals surface area (Å²) in [5, 5.41) is 0. The summed E-state index contributed by atoms with van der Waals surface area (Å²) in [5.74, 6) is 0.767. The molecule has 0 radical (unpaired) electrons. The fourth-order valence-electron chi connectivity index (χ4n) is 3.35. The van der Waals surface area contributed by atoms with Crippen molar-refractivity contribution in [2.45, 2.75) is 114 Å². The Morgan fingerprint density at radius 3 is 1.89 bits per heavy atom. The quantitative estimate of drug-likeness (QED) is 0.221. The van der Waals surface area contributed by atoms with E-state index in [1.165, 1.54) is 18.4 Å². The second-order valence-corrected chi connectivity index (χ2v) is 8.01. The molecule has 0 saturated heterocycles. The molecule has 2 aromatic rings. The number of benzene rings is 2. The van der Waals surface area contributed by atoms with Gasteiger partial charge in [-0.2, -0.15) is 0 Å².